The van der Waals surface area contributed by atoms with Gasteiger partial charge in [0.15, 0.2) is 0 Å². The second-order valence-corrected chi connectivity index (χ2v) is 4.62. The van der Waals surface area contributed by atoms with Crippen molar-refractivity contribution in [2.45, 2.75) is 6.61 Å². The van der Waals surface area contributed by atoms with Crippen LogP contribution in [-0.2, 0) is 6.61 Å². The topological polar surface area (TPSA) is 33.0 Å². The molecule has 0 unspecified atom stereocenters. The van der Waals surface area contributed by atoms with E-state index in [4.69, 9.17) is 10.00 Å². The molecule has 2 nitrogen and oxygen atoms in total. The highest BCUT2D eigenvalue weighted by Crippen LogP contribution is 2.18. The number of nitrogens with zero attached hydrogens (tertiary/aromatic N) is 1. The molecule has 0 radical (unpaired) electrons. The first kappa shape index (κ1) is 12.6. The van der Waals surface area contributed by atoms with Crippen molar-refractivity contribution in [2.24, 2.45) is 0 Å². The lowest BCUT2D eigenvalue weighted by atomic mass is 10.2. The van der Waals surface area contributed by atoms with Crippen molar-refractivity contribution in [1.82, 2.24) is 0 Å². The summed E-state index contributed by atoms with van der Waals surface area (Å²) in [4.78, 5) is 0. The third-order valence-electron chi connectivity index (χ3n) is 2.29. The zero-order valence-electron chi connectivity index (χ0n) is 9.36. The van der Waals surface area contributed by atoms with Crippen molar-refractivity contribution in [1.29, 1.82) is 5.26 Å². The molecule has 4 heteroatoms. The Morgan fingerprint density at radius 3 is 2.78 bits per heavy atom. The molecule has 0 saturated heterocycles. The van der Waals surface area contributed by atoms with E-state index in [0.717, 1.165) is 5.56 Å². The summed E-state index contributed by atoms with van der Waals surface area (Å²) in [6.07, 6.45) is 0. The molecule has 0 heterocycles. The first-order chi connectivity index (χ1) is 8.67. The Morgan fingerprint density at radius 1 is 1.22 bits per heavy atom. The van der Waals surface area contributed by atoms with Gasteiger partial charge in [-0.25, -0.2) is 4.39 Å². The molecule has 0 atom stereocenters. The zero-order chi connectivity index (χ0) is 13.0. The van der Waals surface area contributed by atoms with Gasteiger partial charge in [0, 0.05) is 4.47 Å². The molecule has 0 aliphatic rings. The van der Waals surface area contributed by atoms with Crippen LogP contribution < -0.4 is 4.74 Å². The van der Waals surface area contributed by atoms with Gasteiger partial charge in [-0.15, -0.1) is 0 Å². The molecule has 2 rings (SSSR count). The predicted molar refractivity (Wildman–Crippen MR) is 69.6 cm³/mol. The molecular formula is C14H9BrFNO. The number of hydrogen-bond donors (Lipinski definition) is 0. The maximum absolute atomic E-state index is 13.1. The number of ether oxygens (including phenoxy) is 1. The van der Waals surface area contributed by atoms with Crippen LogP contribution in [0.15, 0.2) is 46.9 Å². The molecule has 0 saturated carbocycles. The van der Waals surface area contributed by atoms with Gasteiger partial charge in [-0.05, 0) is 42.0 Å². The second kappa shape index (κ2) is 5.65. The van der Waals surface area contributed by atoms with Crippen LogP contribution in [0.1, 0.15) is 11.1 Å². The maximum Gasteiger partial charge on any atom is 0.124 e. The Kier molecular flexibility index (Phi) is 3.96. The SMILES string of the molecule is N#Cc1cccc(OCc2cc(F)cc(Br)c2)c1. The van der Waals surface area contributed by atoms with Crippen LogP contribution >= 0.6 is 15.9 Å². The smallest absolute Gasteiger partial charge is 0.124 e. The average Bonchev–Trinajstić information content (AvgIpc) is 2.35. The lowest BCUT2D eigenvalue weighted by Crippen LogP contribution is -1.96. The standard InChI is InChI=1S/C14H9BrFNO/c15-12-4-11(5-13(16)7-12)9-18-14-3-1-2-10(6-14)8-17/h1-7H,9H2. The first-order valence-corrected chi connectivity index (χ1v) is 6.04. The fourth-order valence-electron chi connectivity index (χ4n) is 1.52. The normalized spacial score (nSPS) is 9.83. The molecular weight excluding hydrogens is 297 g/mol. The van der Waals surface area contributed by atoms with Crippen LogP contribution in [0.3, 0.4) is 0 Å². The Bertz CT molecular complexity index is 587. The van der Waals surface area contributed by atoms with Crippen molar-refractivity contribution in [3.05, 3.63) is 63.9 Å². The van der Waals surface area contributed by atoms with E-state index in [-0.39, 0.29) is 12.4 Å². The highest BCUT2D eigenvalue weighted by molar-refractivity contribution is 9.10. The van der Waals surface area contributed by atoms with Gasteiger partial charge in [0.2, 0.25) is 0 Å². The molecule has 18 heavy (non-hydrogen) atoms. The molecule has 0 spiro atoms. The highest BCUT2D eigenvalue weighted by Gasteiger charge is 2.01. The Labute approximate surface area is 113 Å². The van der Waals surface area contributed by atoms with Crippen LogP contribution in [0.5, 0.6) is 5.75 Å². The predicted octanol–water partition coefficient (Wildman–Crippen LogP) is 4.04. The number of hydrogen-bond acceptors (Lipinski definition) is 2. The molecule has 0 fully saturated rings. The molecule has 0 amide bonds. The fraction of sp³-hybridized carbons (Fsp3) is 0.0714. The van der Waals surface area contributed by atoms with Gasteiger partial charge in [0.25, 0.3) is 0 Å². The highest BCUT2D eigenvalue weighted by atomic mass is 79.9. The van der Waals surface area contributed by atoms with Crippen LogP contribution in [0, 0.1) is 17.1 Å². The molecule has 2 aromatic rings. The monoisotopic (exact) mass is 305 g/mol. The fourth-order valence-corrected chi connectivity index (χ4v) is 2.03. The van der Waals surface area contributed by atoms with E-state index in [2.05, 4.69) is 15.9 Å². The maximum atomic E-state index is 13.1. The van der Waals surface area contributed by atoms with Gasteiger partial charge in [0.05, 0.1) is 11.6 Å². The summed E-state index contributed by atoms with van der Waals surface area (Å²) in [5, 5.41) is 8.76. The van der Waals surface area contributed by atoms with Crippen molar-refractivity contribution < 1.29 is 9.13 Å². The number of nitriles is 1. The second-order valence-electron chi connectivity index (χ2n) is 3.71. The van der Waals surface area contributed by atoms with Gasteiger partial charge >= 0.3 is 0 Å². The van der Waals surface area contributed by atoms with E-state index in [1.54, 1.807) is 30.3 Å². The minimum Gasteiger partial charge on any atom is -0.489 e. The molecule has 0 aliphatic carbocycles. The zero-order valence-corrected chi connectivity index (χ0v) is 10.9. The summed E-state index contributed by atoms with van der Waals surface area (Å²) in [6, 6.07) is 13.5. The lowest BCUT2D eigenvalue weighted by Gasteiger charge is -2.07. The van der Waals surface area contributed by atoms with Crippen molar-refractivity contribution >= 4 is 15.9 Å². The van der Waals surface area contributed by atoms with E-state index in [1.807, 2.05) is 6.07 Å². The summed E-state index contributed by atoms with van der Waals surface area (Å²) in [7, 11) is 0. The van der Waals surface area contributed by atoms with E-state index in [0.29, 0.717) is 15.8 Å². The van der Waals surface area contributed by atoms with E-state index < -0.39 is 0 Å². The molecule has 0 aliphatic heterocycles. The van der Waals surface area contributed by atoms with E-state index in [9.17, 15) is 4.39 Å². The number of benzene rings is 2. The summed E-state index contributed by atoms with van der Waals surface area (Å²) < 4.78 is 19.3. The van der Waals surface area contributed by atoms with E-state index in [1.165, 1.54) is 12.1 Å². The van der Waals surface area contributed by atoms with Crippen molar-refractivity contribution in [2.75, 3.05) is 0 Å². The Morgan fingerprint density at radius 2 is 2.06 bits per heavy atom. The van der Waals surface area contributed by atoms with E-state index >= 15 is 0 Å². The molecule has 2 aromatic carbocycles. The van der Waals surface area contributed by atoms with Crippen LogP contribution in [0.25, 0.3) is 0 Å². The Hall–Kier alpha value is -1.86. The minimum atomic E-state index is -0.311. The molecule has 0 aromatic heterocycles. The van der Waals surface area contributed by atoms with Gasteiger partial charge in [-0.1, -0.05) is 22.0 Å². The van der Waals surface area contributed by atoms with Gasteiger partial charge in [-0.2, -0.15) is 5.26 Å². The van der Waals surface area contributed by atoms with Crippen LogP contribution in [0.2, 0.25) is 0 Å². The lowest BCUT2D eigenvalue weighted by molar-refractivity contribution is 0.305. The van der Waals surface area contributed by atoms with Crippen LogP contribution in [-0.4, -0.2) is 0 Å². The quantitative estimate of drug-likeness (QED) is 0.857. The summed E-state index contributed by atoms with van der Waals surface area (Å²) >= 11 is 3.22. The largest absolute Gasteiger partial charge is 0.489 e. The van der Waals surface area contributed by atoms with Crippen molar-refractivity contribution in [3.8, 4) is 11.8 Å². The first-order valence-electron chi connectivity index (χ1n) is 5.25. The summed E-state index contributed by atoms with van der Waals surface area (Å²) in [5.41, 5.74) is 1.26. The molecule has 0 bridgehead atoms. The average molecular weight is 306 g/mol. The number of halogens is 2. The number of rotatable bonds is 3. The Balaban J connectivity index is 2.09. The van der Waals surface area contributed by atoms with Crippen molar-refractivity contribution in [3.63, 3.8) is 0 Å². The minimum absolute atomic E-state index is 0.255. The molecule has 0 N–H and O–H groups in total. The third kappa shape index (κ3) is 3.31. The molecule has 90 valence electrons. The van der Waals surface area contributed by atoms with Gasteiger partial charge in [-0.3, -0.25) is 0 Å². The van der Waals surface area contributed by atoms with Crippen LogP contribution in [0.4, 0.5) is 4.39 Å². The van der Waals surface area contributed by atoms with Gasteiger partial charge in [0.1, 0.15) is 18.2 Å². The summed E-state index contributed by atoms with van der Waals surface area (Å²) in [6.45, 7) is 0.255. The summed E-state index contributed by atoms with van der Waals surface area (Å²) in [5.74, 6) is 0.281. The third-order valence-corrected chi connectivity index (χ3v) is 2.75. The van der Waals surface area contributed by atoms with Gasteiger partial charge < -0.3 is 4.74 Å².